The summed E-state index contributed by atoms with van der Waals surface area (Å²) < 4.78 is 64.6. The van der Waals surface area contributed by atoms with E-state index in [9.17, 15) is 21.7 Å². The van der Waals surface area contributed by atoms with Crippen molar-refractivity contribution < 1.29 is 77.8 Å². The van der Waals surface area contributed by atoms with Crippen molar-refractivity contribution >= 4 is 12.4 Å². The molecule has 0 radical (unpaired) electrons. The standard InChI is InChI=1S/C8H7BF5O.K/c10-8(11)5-15-7-3-1-2-6(4-7)9(12,13)14;/h1-4,8H,5H2;/q-1;+1. The van der Waals surface area contributed by atoms with Crippen molar-refractivity contribution in [1.29, 1.82) is 0 Å². The molecule has 0 heterocycles. The van der Waals surface area contributed by atoms with Gasteiger partial charge in [0.2, 0.25) is 0 Å². The van der Waals surface area contributed by atoms with Crippen LogP contribution in [0.5, 0.6) is 5.75 Å². The summed E-state index contributed by atoms with van der Waals surface area (Å²) in [7, 11) is 0. The Bertz CT molecular complexity index is 330. The molecule has 1 nitrogen and oxygen atoms in total. The molecule has 0 atom stereocenters. The topological polar surface area (TPSA) is 9.23 Å². The second-order valence-electron chi connectivity index (χ2n) is 2.85. The number of rotatable bonds is 4. The quantitative estimate of drug-likeness (QED) is 0.520. The minimum atomic E-state index is -5.12. The maximum absolute atomic E-state index is 12.2. The van der Waals surface area contributed by atoms with Crippen LogP contribution < -0.4 is 61.6 Å². The maximum Gasteiger partial charge on any atom is 1.00 e. The molecule has 1 aromatic carbocycles. The predicted octanol–water partition coefficient (Wildman–Crippen LogP) is -0.611. The summed E-state index contributed by atoms with van der Waals surface area (Å²) in [5, 5.41) is 0. The monoisotopic (exact) mass is 264 g/mol. The molecule has 16 heavy (non-hydrogen) atoms. The summed E-state index contributed by atoms with van der Waals surface area (Å²) in [6.07, 6.45) is -2.70. The molecule has 84 valence electrons. The van der Waals surface area contributed by atoms with Crippen LogP contribution in [0.2, 0.25) is 0 Å². The molecule has 0 aliphatic heterocycles. The maximum atomic E-state index is 12.2. The van der Waals surface area contributed by atoms with E-state index >= 15 is 0 Å². The summed E-state index contributed by atoms with van der Waals surface area (Å²) >= 11 is 0. The molecule has 0 aliphatic carbocycles. The summed E-state index contributed by atoms with van der Waals surface area (Å²) in [5.41, 5.74) is -0.859. The van der Waals surface area contributed by atoms with Gasteiger partial charge in [0.25, 0.3) is 6.43 Å². The zero-order valence-electron chi connectivity index (χ0n) is 8.47. The Morgan fingerprint density at radius 3 is 2.31 bits per heavy atom. The van der Waals surface area contributed by atoms with Gasteiger partial charge in [0, 0.05) is 0 Å². The van der Waals surface area contributed by atoms with E-state index in [0.29, 0.717) is 6.07 Å². The number of hydrogen-bond donors (Lipinski definition) is 0. The number of halogens is 5. The van der Waals surface area contributed by atoms with Gasteiger partial charge in [0.05, 0.1) is 0 Å². The van der Waals surface area contributed by atoms with Crippen molar-refractivity contribution in [2.24, 2.45) is 0 Å². The fourth-order valence-electron chi connectivity index (χ4n) is 0.967. The normalized spacial score (nSPS) is 11.1. The van der Waals surface area contributed by atoms with Gasteiger partial charge in [-0.3, -0.25) is 0 Å². The van der Waals surface area contributed by atoms with Crippen molar-refractivity contribution in [2.75, 3.05) is 6.61 Å². The molecule has 0 spiro atoms. The Hall–Kier alpha value is 0.371. The molecule has 0 aliphatic rings. The second kappa shape index (κ2) is 6.95. The minimum Gasteiger partial charge on any atom is -0.488 e. The van der Waals surface area contributed by atoms with Crippen LogP contribution in [0.4, 0.5) is 21.7 Å². The van der Waals surface area contributed by atoms with Gasteiger partial charge in [-0.2, -0.15) is 0 Å². The van der Waals surface area contributed by atoms with Crippen molar-refractivity contribution in [3.05, 3.63) is 24.3 Å². The SMILES string of the molecule is FC(F)COc1cccc([B-](F)(F)F)c1.[K+]. The number of benzene rings is 1. The Kier molecular flexibility index (Phi) is 7.11. The average molecular weight is 264 g/mol. The van der Waals surface area contributed by atoms with Crippen molar-refractivity contribution in [2.45, 2.75) is 6.43 Å². The van der Waals surface area contributed by atoms with E-state index in [0.717, 1.165) is 12.1 Å². The molecule has 1 aromatic rings. The third-order valence-corrected chi connectivity index (χ3v) is 1.61. The summed E-state index contributed by atoms with van der Waals surface area (Å²) in [4.78, 5) is 0. The van der Waals surface area contributed by atoms with E-state index in [4.69, 9.17) is 0 Å². The smallest absolute Gasteiger partial charge is 0.488 e. The zero-order valence-corrected chi connectivity index (χ0v) is 11.6. The van der Waals surface area contributed by atoms with Crippen LogP contribution in [0.1, 0.15) is 0 Å². The van der Waals surface area contributed by atoms with Crippen molar-refractivity contribution in [3.63, 3.8) is 0 Å². The van der Waals surface area contributed by atoms with Gasteiger partial charge < -0.3 is 17.7 Å². The van der Waals surface area contributed by atoms with E-state index < -0.39 is 25.5 Å². The van der Waals surface area contributed by atoms with Gasteiger partial charge in [0.1, 0.15) is 12.4 Å². The van der Waals surface area contributed by atoms with Crippen LogP contribution >= 0.6 is 0 Å². The molecule has 0 saturated heterocycles. The molecule has 0 N–H and O–H groups in total. The van der Waals surface area contributed by atoms with Crippen LogP contribution in [0.15, 0.2) is 24.3 Å². The first kappa shape index (κ1) is 16.4. The predicted molar refractivity (Wildman–Crippen MR) is 46.7 cm³/mol. The average Bonchev–Trinajstić information content (AvgIpc) is 2.14. The van der Waals surface area contributed by atoms with Gasteiger partial charge in [-0.15, -0.1) is 5.46 Å². The number of ether oxygens (including phenoxy) is 1. The second-order valence-corrected chi connectivity index (χ2v) is 2.85. The van der Waals surface area contributed by atoms with Crippen LogP contribution in [0.3, 0.4) is 0 Å². The molecule has 0 unspecified atom stereocenters. The molecule has 0 bridgehead atoms. The van der Waals surface area contributed by atoms with Gasteiger partial charge in [-0.05, 0) is 12.1 Å². The minimum absolute atomic E-state index is 0. The van der Waals surface area contributed by atoms with E-state index in [1.165, 1.54) is 6.07 Å². The first-order valence-corrected chi connectivity index (χ1v) is 4.10. The van der Waals surface area contributed by atoms with Gasteiger partial charge >= 0.3 is 58.4 Å². The number of hydrogen-bond acceptors (Lipinski definition) is 1. The molecule has 0 saturated carbocycles. The van der Waals surface area contributed by atoms with Gasteiger partial charge in [-0.25, -0.2) is 8.78 Å². The van der Waals surface area contributed by atoms with Crippen LogP contribution in [0, 0.1) is 0 Å². The van der Waals surface area contributed by atoms with Gasteiger partial charge in [-0.1, -0.05) is 12.1 Å². The summed E-state index contributed by atoms with van der Waals surface area (Å²) in [6, 6.07) is 3.90. The van der Waals surface area contributed by atoms with Crippen molar-refractivity contribution in [3.8, 4) is 5.75 Å². The Labute approximate surface area is 132 Å². The summed E-state index contributed by atoms with van der Waals surface area (Å²) in [5.74, 6) is -0.202. The molecule has 0 amide bonds. The fraction of sp³-hybridized carbons (Fsp3) is 0.250. The number of alkyl halides is 2. The van der Waals surface area contributed by atoms with Crippen LogP contribution in [-0.2, 0) is 0 Å². The van der Waals surface area contributed by atoms with Crippen molar-refractivity contribution in [1.82, 2.24) is 0 Å². The fourth-order valence-corrected chi connectivity index (χ4v) is 0.967. The Balaban J connectivity index is 0.00000225. The van der Waals surface area contributed by atoms with Gasteiger partial charge in [0.15, 0.2) is 0 Å². The molecule has 1 rings (SSSR count). The largest absolute Gasteiger partial charge is 1.00 e. The molecule has 0 aromatic heterocycles. The summed E-state index contributed by atoms with van der Waals surface area (Å²) in [6.45, 7) is -6.03. The van der Waals surface area contributed by atoms with E-state index in [1.54, 1.807) is 0 Å². The molecular formula is C8H7BF5KO. The van der Waals surface area contributed by atoms with E-state index in [-0.39, 0.29) is 57.1 Å². The first-order valence-electron chi connectivity index (χ1n) is 4.10. The van der Waals surface area contributed by atoms with E-state index in [2.05, 4.69) is 4.74 Å². The Morgan fingerprint density at radius 2 is 1.81 bits per heavy atom. The third kappa shape index (κ3) is 5.63. The van der Waals surface area contributed by atoms with Crippen LogP contribution in [-0.4, -0.2) is 20.0 Å². The third-order valence-electron chi connectivity index (χ3n) is 1.61. The Morgan fingerprint density at radius 1 is 1.19 bits per heavy atom. The molecular weight excluding hydrogens is 257 g/mol. The zero-order chi connectivity index (χ0) is 11.5. The molecule has 8 heteroatoms. The molecule has 0 fully saturated rings. The van der Waals surface area contributed by atoms with Crippen LogP contribution in [0.25, 0.3) is 0 Å². The first-order chi connectivity index (χ1) is 6.89. The van der Waals surface area contributed by atoms with E-state index in [1.807, 2.05) is 0 Å².